The van der Waals surface area contributed by atoms with Crippen molar-refractivity contribution in [3.8, 4) is 6.07 Å². The SMILES string of the molecule is CCOC(=O)c1ccc(C#N)cc1[N+](=O)[O-]. The van der Waals surface area contributed by atoms with Crippen LogP contribution in [0.3, 0.4) is 0 Å². The summed E-state index contributed by atoms with van der Waals surface area (Å²) in [5.74, 6) is -0.765. The predicted octanol–water partition coefficient (Wildman–Crippen LogP) is 1.64. The monoisotopic (exact) mass is 220 g/mol. The van der Waals surface area contributed by atoms with Crippen LogP contribution in [0.4, 0.5) is 5.69 Å². The summed E-state index contributed by atoms with van der Waals surface area (Å²) >= 11 is 0. The Morgan fingerprint density at radius 2 is 2.31 bits per heavy atom. The van der Waals surface area contributed by atoms with E-state index < -0.39 is 16.6 Å². The first-order chi connectivity index (χ1) is 7.60. The van der Waals surface area contributed by atoms with E-state index in [1.165, 1.54) is 12.1 Å². The molecule has 0 aliphatic carbocycles. The van der Waals surface area contributed by atoms with Gasteiger partial charge in [0.25, 0.3) is 5.69 Å². The number of nitrogens with zero attached hydrogens (tertiary/aromatic N) is 2. The van der Waals surface area contributed by atoms with Crippen LogP contribution in [0, 0.1) is 21.4 Å². The topological polar surface area (TPSA) is 93.2 Å². The maximum Gasteiger partial charge on any atom is 0.345 e. The predicted molar refractivity (Wildman–Crippen MR) is 53.8 cm³/mol. The first-order valence-corrected chi connectivity index (χ1v) is 4.45. The average Bonchev–Trinajstić information content (AvgIpc) is 2.28. The van der Waals surface area contributed by atoms with Crippen molar-refractivity contribution in [3.63, 3.8) is 0 Å². The summed E-state index contributed by atoms with van der Waals surface area (Å²) in [5.41, 5.74) is -0.442. The number of hydrogen-bond donors (Lipinski definition) is 0. The summed E-state index contributed by atoms with van der Waals surface area (Å²) in [5, 5.41) is 19.3. The second kappa shape index (κ2) is 4.89. The molecule has 6 heteroatoms. The van der Waals surface area contributed by atoms with Gasteiger partial charge in [-0.3, -0.25) is 10.1 Å². The van der Waals surface area contributed by atoms with Crippen LogP contribution < -0.4 is 0 Å². The van der Waals surface area contributed by atoms with Gasteiger partial charge in [-0.25, -0.2) is 4.79 Å². The van der Waals surface area contributed by atoms with E-state index in [9.17, 15) is 14.9 Å². The molecule has 0 atom stereocenters. The summed E-state index contributed by atoms with van der Waals surface area (Å²) in [4.78, 5) is 21.3. The molecule has 0 radical (unpaired) electrons. The highest BCUT2D eigenvalue weighted by molar-refractivity contribution is 5.94. The van der Waals surface area contributed by atoms with Crippen LogP contribution in [0.2, 0.25) is 0 Å². The van der Waals surface area contributed by atoms with Crippen molar-refractivity contribution in [2.45, 2.75) is 6.92 Å². The number of nitro benzene ring substituents is 1. The molecule has 0 amide bonds. The summed E-state index contributed by atoms with van der Waals surface area (Å²) < 4.78 is 4.67. The quantitative estimate of drug-likeness (QED) is 0.438. The third kappa shape index (κ3) is 2.33. The summed E-state index contributed by atoms with van der Waals surface area (Å²) in [6.07, 6.45) is 0. The molecule has 1 aromatic rings. The van der Waals surface area contributed by atoms with Gasteiger partial charge in [-0.05, 0) is 19.1 Å². The third-order valence-electron chi connectivity index (χ3n) is 1.82. The number of nitro groups is 1. The number of carbonyl (C=O) groups is 1. The molecule has 0 aliphatic heterocycles. The van der Waals surface area contributed by atoms with E-state index in [2.05, 4.69) is 4.74 Å². The number of benzene rings is 1. The lowest BCUT2D eigenvalue weighted by molar-refractivity contribution is -0.385. The van der Waals surface area contributed by atoms with Crippen molar-refractivity contribution in [1.82, 2.24) is 0 Å². The molecule has 1 rings (SSSR count). The van der Waals surface area contributed by atoms with Crippen LogP contribution in [0.5, 0.6) is 0 Å². The Kier molecular flexibility index (Phi) is 3.56. The second-order valence-electron chi connectivity index (χ2n) is 2.82. The van der Waals surface area contributed by atoms with Crippen molar-refractivity contribution in [2.24, 2.45) is 0 Å². The van der Waals surface area contributed by atoms with Gasteiger partial charge >= 0.3 is 5.97 Å². The maximum atomic E-state index is 11.4. The molecule has 0 aromatic heterocycles. The van der Waals surface area contributed by atoms with E-state index in [0.717, 1.165) is 6.07 Å². The zero-order chi connectivity index (χ0) is 12.1. The number of hydrogen-bond acceptors (Lipinski definition) is 5. The Hall–Kier alpha value is -2.42. The molecule has 0 bridgehead atoms. The van der Waals surface area contributed by atoms with Crippen LogP contribution in [0.1, 0.15) is 22.8 Å². The summed E-state index contributed by atoms with van der Waals surface area (Å²) in [7, 11) is 0. The van der Waals surface area contributed by atoms with E-state index in [-0.39, 0.29) is 17.7 Å². The normalized spacial score (nSPS) is 9.25. The molecular weight excluding hydrogens is 212 g/mol. The Bertz CT molecular complexity index is 476. The second-order valence-corrected chi connectivity index (χ2v) is 2.82. The molecule has 0 spiro atoms. The Morgan fingerprint density at radius 1 is 1.62 bits per heavy atom. The van der Waals surface area contributed by atoms with E-state index in [4.69, 9.17) is 5.26 Å². The van der Waals surface area contributed by atoms with Gasteiger partial charge in [0.2, 0.25) is 0 Å². The molecule has 0 saturated heterocycles. The van der Waals surface area contributed by atoms with Crippen molar-refractivity contribution < 1.29 is 14.5 Å². The fourth-order valence-electron chi connectivity index (χ4n) is 1.13. The Morgan fingerprint density at radius 3 is 2.81 bits per heavy atom. The molecule has 16 heavy (non-hydrogen) atoms. The number of esters is 1. The Labute approximate surface area is 91.2 Å². The van der Waals surface area contributed by atoms with Gasteiger partial charge < -0.3 is 4.74 Å². The molecule has 6 nitrogen and oxygen atoms in total. The Balaban J connectivity index is 3.24. The van der Waals surface area contributed by atoms with Crippen LogP contribution >= 0.6 is 0 Å². The lowest BCUT2D eigenvalue weighted by Gasteiger charge is -2.02. The lowest BCUT2D eigenvalue weighted by Crippen LogP contribution is -2.08. The number of rotatable bonds is 3. The van der Waals surface area contributed by atoms with Gasteiger partial charge in [-0.2, -0.15) is 5.26 Å². The molecule has 0 N–H and O–H groups in total. The fraction of sp³-hybridized carbons (Fsp3) is 0.200. The maximum absolute atomic E-state index is 11.4. The van der Waals surface area contributed by atoms with Gasteiger partial charge in [0.1, 0.15) is 5.56 Å². The average molecular weight is 220 g/mol. The lowest BCUT2D eigenvalue weighted by atomic mass is 10.1. The minimum atomic E-state index is -0.765. The highest BCUT2D eigenvalue weighted by Gasteiger charge is 2.21. The van der Waals surface area contributed by atoms with Crippen molar-refractivity contribution in [2.75, 3.05) is 6.61 Å². The van der Waals surface area contributed by atoms with Gasteiger partial charge in [-0.15, -0.1) is 0 Å². The zero-order valence-corrected chi connectivity index (χ0v) is 8.47. The van der Waals surface area contributed by atoms with E-state index >= 15 is 0 Å². The fourth-order valence-corrected chi connectivity index (χ4v) is 1.13. The molecule has 0 saturated carbocycles. The molecule has 0 unspecified atom stereocenters. The highest BCUT2D eigenvalue weighted by atomic mass is 16.6. The minimum absolute atomic E-state index is 0.125. The van der Waals surface area contributed by atoms with Gasteiger partial charge in [0, 0.05) is 6.07 Å². The summed E-state index contributed by atoms with van der Waals surface area (Å²) in [6.45, 7) is 1.74. The molecule has 0 aliphatic rings. The molecule has 82 valence electrons. The zero-order valence-electron chi connectivity index (χ0n) is 8.47. The summed E-state index contributed by atoms with van der Waals surface area (Å²) in [6, 6.07) is 5.36. The number of carbonyl (C=O) groups excluding carboxylic acids is 1. The van der Waals surface area contributed by atoms with Crippen LogP contribution in [0.25, 0.3) is 0 Å². The van der Waals surface area contributed by atoms with Crippen LogP contribution in [-0.4, -0.2) is 17.5 Å². The minimum Gasteiger partial charge on any atom is -0.462 e. The smallest absolute Gasteiger partial charge is 0.345 e. The van der Waals surface area contributed by atoms with Gasteiger partial charge in [0.05, 0.1) is 23.2 Å². The first kappa shape index (κ1) is 11.7. The van der Waals surface area contributed by atoms with Crippen molar-refractivity contribution in [3.05, 3.63) is 39.4 Å². The van der Waals surface area contributed by atoms with Crippen molar-refractivity contribution >= 4 is 11.7 Å². The molecular formula is C10H8N2O4. The van der Waals surface area contributed by atoms with Crippen molar-refractivity contribution in [1.29, 1.82) is 5.26 Å². The molecule has 0 heterocycles. The standard InChI is InChI=1S/C10H8N2O4/c1-2-16-10(13)8-4-3-7(6-11)5-9(8)12(14)15/h3-5H,2H2,1H3. The largest absolute Gasteiger partial charge is 0.462 e. The van der Waals surface area contributed by atoms with E-state index in [1.54, 1.807) is 13.0 Å². The van der Waals surface area contributed by atoms with E-state index in [0.29, 0.717) is 0 Å². The molecule has 1 aromatic carbocycles. The van der Waals surface area contributed by atoms with Gasteiger partial charge in [-0.1, -0.05) is 0 Å². The third-order valence-corrected chi connectivity index (χ3v) is 1.82. The highest BCUT2D eigenvalue weighted by Crippen LogP contribution is 2.20. The molecule has 0 fully saturated rings. The first-order valence-electron chi connectivity index (χ1n) is 4.45. The van der Waals surface area contributed by atoms with E-state index in [1.807, 2.05) is 0 Å². The van der Waals surface area contributed by atoms with Crippen LogP contribution in [-0.2, 0) is 4.74 Å². The van der Waals surface area contributed by atoms with Crippen LogP contribution in [0.15, 0.2) is 18.2 Å². The number of ether oxygens (including phenoxy) is 1. The number of nitriles is 1. The van der Waals surface area contributed by atoms with Gasteiger partial charge in [0.15, 0.2) is 0 Å².